The first-order valence-corrected chi connectivity index (χ1v) is 3.00. The van der Waals surface area contributed by atoms with Gasteiger partial charge in [-0.25, -0.2) is 0 Å². The molecule has 0 radical (unpaired) electrons. The van der Waals surface area contributed by atoms with E-state index in [9.17, 15) is 0 Å². The van der Waals surface area contributed by atoms with Crippen LogP contribution in [0.3, 0.4) is 0 Å². The molecule has 0 heterocycles. The summed E-state index contributed by atoms with van der Waals surface area (Å²) < 4.78 is 0. The van der Waals surface area contributed by atoms with Gasteiger partial charge in [-0.3, -0.25) is 0 Å². The first-order valence-electron chi connectivity index (χ1n) is 3.00. The Bertz CT molecular complexity index is 24.0. The van der Waals surface area contributed by atoms with E-state index in [0.29, 0.717) is 0 Å². The van der Waals surface area contributed by atoms with E-state index in [1.807, 2.05) is 0 Å². The van der Waals surface area contributed by atoms with Gasteiger partial charge in [0.15, 0.2) is 0 Å². The molecule has 0 N–H and O–H groups in total. The molecule has 38 valence electrons. The van der Waals surface area contributed by atoms with Crippen LogP contribution < -0.4 is 18.9 Å². The summed E-state index contributed by atoms with van der Waals surface area (Å²) in [6, 6.07) is 0. The molecule has 0 spiro atoms. The van der Waals surface area contributed by atoms with Crippen molar-refractivity contribution in [1.82, 2.24) is 0 Å². The van der Waals surface area contributed by atoms with Crippen LogP contribution in [0.25, 0.3) is 0 Å². The summed E-state index contributed by atoms with van der Waals surface area (Å²) in [6.45, 7) is 0. The zero-order valence-corrected chi connectivity index (χ0v) is 5.24. The summed E-state index contributed by atoms with van der Waals surface area (Å²) >= 11 is 0. The summed E-state index contributed by atoms with van der Waals surface area (Å²) in [5.74, 6) is 0. The molecule has 0 saturated heterocycles. The van der Waals surface area contributed by atoms with Gasteiger partial charge in [0, 0.05) is 0 Å². The summed E-state index contributed by atoms with van der Waals surface area (Å²) in [6.07, 6.45) is 9.00. The van der Waals surface area contributed by atoms with Crippen molar-refractivity contribution in [3.8, 4) is 0 Å². The smallest absolute Gasteiger partial charge is 1.00 e. The number of hydrogen-bond acceptors (Lipinski definition) is 0. The minimum Gasteiger partial charge on any atom is -1.00 e. The molecular weight excluding hydrogens is 79.0 g/mol. The van der Waals surface area contributed by atoms with Gasteiger partial charge in [-0.05, 0) is 0 Å². The van der Waals surface area contributed by atoms with Gasteiger partial charge in [0.05, 0.1) is 0 Å². The van der Waals surface area contributed by atoms with E-state index in [2.05, 4.69) is 0 Å². The van der Waals surface area contributed by atoms with Crippen molar-refractivity contribution < 1.29 is 20.3 Å². The second kappa shape index (κ2) is 4.75. The Morgan fingerprint density at radius 3 is 0.857 bits per heavy atom. The van der Waals surface area contributed by atoms with Gasteiger partial charge in [-0.15, -0.1) is 0 Å². The molecule has 0 amide bonds. The quantitative estimate of drug-likeness (QED) is 0.352. The van der Waals surface area contributed by atoms with Crippen LogP contribution in [-0.2, 0) is 0 Å². The van der Waals surface area contributed by atoms with Crippen LogP contribution in [0, 0.1) is 0 Å². The second-order valence-electron chi connectivity index (χ2n) is 2.12. The zero-order valence-electron chi connectivity index (χ0n) is 6.24. The Hall–Kier alpha value is 0.597. The third-order valence-corrected chi connectivity index (χ3v) is 1.50. The fourth-order valence-electron chi connectivity index (χ4n) is 1.06. The second-order valence-corrected chi connectivity index (χ2v) is 2.12. The maximum absolute atomic E-state index is 1.50. The molecule has 0 bridgehead atoms. The van der Waals surface area contributed by atoms with Crippen molar-refractivity contribution in [3.05, 3.63) is 0 Å². The first kappa shape index (κ1) is 7.60. The van der Waals surface area contributed by atoms with Gasteiger partial charge in [-0.2, -0.15) is 0 Å². The maximum Gasteiger partial charge on any atom is 1.00 e. The third kappa shape index (κ3) is 3.20. The van der Waals surface area contributed by atoms with Crippen LogP contribution in [0.5, 0.6) is 0 Å². The van der Waals surface area contributed by atoms with E-state index < -0.39 is 0 Å². The monoisotopic (exact) mass is 92.1 g/mol. The van der Waals surface area contributed by atoms with Crippen LogP contribution >= 0.6 is 0 Å². The molecule has 0 aromatic heterocycles. The molecule has 1 heteroatoms. The molecule has 0 unspecified atom stereocenters. The Morgan fingerprint density at radius 2 is 0.714 bits per heavy atom. The van der Waals surface area contributed by atoms with Crippen LogP contribution in [0.1, 0.15) is 40.0 Å². The van der Waals surface area contributed by atoms with Gasteiger partial charge >= 0.3 is 18.9 Å². The minimum atomic E-state index is 0. The van der Waals surface area contributed by atoms with E-state index in [0.717, 1.165) is 0 Å². The van der Waals surface area contributed by atoms with Gasteiger partial charge in [0.2, 0.25) is 0 Å². The minimum absolute atomic E-state index is 0. The molecule has 1 aliphatic rings. The average Bonchev–Trinajstić information content (AvgIpc) is 1.72. The molecule has 7 heavy (non-hydrogen) atoms. The van der Waals surface area contributed by atoms with Crippen molar-refractivity contribution in [2.24, 2.45) is 0 Å². The largest absolute Gasteiger partial charge is 1.00 e. The fourth-order valence-corrected chi connectivity index (χ4v) is 1.06. The average molecular weight is 92.1 g/mol. The van der Waals surface area contributed by atoms with Gasteiger partial charge in [-0.1, -0.05) is 38.5 Å². The topological polar surface area (TPSA) is 0 Å². The normalized spacial score (nSPS) is 20.6. The first-order chi connectivity index (χ1) is 3.00. The molecule has 0 aromatic rings. The van der Waals surface area contributed by atoms with E-state index in [1.54, 1.807) is 0 Å². The molecule has 0 aromatic carbocycles. The zero-order chi connectivity index (χ0) is 4.24. The van der Waals surface area contributed by atoms with Crippen molar-refractivity contribution in [2.45, 2.75) is 38.5 Å². The molecule has 0 atom stereocenters. The van der Waals surface area contributed by atoms with Crippen LogP contribution in [-0.4, -0.2) is 0 Å². The molecule has 1 rings (SSSR count). The molecular formula is C6H13Li. The summed E-state index contributed by atoms with van der Waals surface area (Å²) in [5, 5.41) is 0. The standard InChI is InChI=1S/C6H12.Li.H/c1-2-4-6-5-3-1;;/h1-6H2;;/q;+1;-1. The van der Waals surface area contributed by atoms with Crippen LogP contribution in [0.4, 0.5) is 0 Å². The summed E-state index contributed by atoms with van der Waals surface area (Å²) in [7, 11) is 0. The number of hydrogen-bond donors (Lipinski definition) is 0. The predicted octanol–water partition coefficient (Wildman–Crippen LogP) is -0.543. The van der Waals surface area contributed by atoms with Gasteiger partial charge in [0.25, 0.3) is 0 Å². The molecule has 1 saturated carbocycles. The predicted molar refractivity (Wildman–Crippen MR) is 28.8 cm³/mol. The van der Waals surface area contributed by atoms with Gasteiger partial charge in [0.1, 0.15) is 0 Å². The third-order valence-electron chi connectivity index (χ3n) is 1.50. The molecule has 1 fully saturated rings. The number of rotatable bonds is 0. The van der Waals surface area contributed by atoms with Crippen molar-refractivity contribution in [3.63, 3.8) is 0 Å². The van der Waals surface area contributed by atoms with Crippen LogP contribution in [0.15, 0.2) is 0 Å². The molecule has 0 nitrogen and oxygen atoms in total. The van der Waals surface area contributed by atoms with Crippen LogP contribution in [0.2, 0.25) is 0 Å². The van der Waals surface area contributed by atoms with E-state index >= 15 is 0 Å². The summed E-state index contributed by atoms with van der Waals surface area (Å²) in [4.78, 5) is 0. The summed E-state index contributed by atoms with van der Waals surface area (Å²) in [5.41, 5.74) is 0. The van der Waals surface area contributed by atoms with E-state index in [1.165, 1.54) is 38.5 Å². The molecule has 1 aliphatic carbocycles. The van der Waals surface area contributed by atoms with Crippen molar-refractivity contribution in [1.29, 1.82) is 0 Å². The van der Waals surface area contributed by atoms with Crippen molar-refractivity contribution >= 4 is 0 Å². The van der Waals surface area contributed by atoms with E-state index in [-0.39, 0.29) is 20.3 Å². The SMILES string of the molecule is C1CCCCC1.[H-].[Li+]. The Kier molecular flexibility index (Phi) is 5.15. The Balaban J connectivity index is 0. The Morgan fingerprint density at radius 1 is 0.571 bits per heavy atom. The van der Waals surface area contributed by atoms with Crippen molar-refractivity contribution in [2.75, 3.05) is 0 Å². The Labute approximate surface area is 59.3 Å². The molecule has 0 aliphatic heterocycles. The fraction of sp³-hybridized carbons (Fsp3) is 1.00. The maximum atomic E-state index is 1.50. The van der Waals surface area contributed by atoms with E-state index in [4.69, 9.17) is 0 Å². The van der Waals surface area contributed by atoms with Gasteiger partial charge < -0.3 is 1.43 Å².